The summed E-state index contributed by atoms with van der Waals surface area (Å²) in [6.07, 6.45) is 0.238. The summed E-state index contributed by atoms with van der Waals surface area (Å²) in [6, 6.07) is 20.1. The molecule has 0 aromatic heterocycles. The van der Waals surface area contributed by atoms with E-state index in [2.05, 4.69) is 46.0 Å². The van der Waals surface area contributed by atoms with E-state index in [1.165, 1.54) is 7.11 Å². The molecule has 0 fully saturated rings. The molecule has 1 atom stereocenters. The summed E-state index contributed by atoms with van der Waals surface area (Å²) in [5.74, 6) is -0.245. The number of benzene rings is 2. The van der Waals surface area contributed by atoms with Gasteiger partial charge in [0.25, 0.3) is 0 Å². The van der Waals surface area contributed by atoms with Gasteiger partial charge in [0, 0.05) is 6.54 Å². The summed E-state index contributed by atoms with van der Waals surface area (Å²) < 4.78 is 11.7. The standard InChI is InChI=1S/C23H33NO3Si/c1-23(2,3)28(5,6)27-24(18-19-13-9-7-10-14-19)21(17-22(25)26-4)20-15-11-8-12-16-20/h7-16,21H,17-18H2,1-6H3/t21-/m0/s1. The third-order valence-corrected chi connectivity index (χ3v) is 9.76. The Bertz CT molecular complexity index is 741. The SMILES string of the molecule is COC(=O)C[C@@H](c1ccccc1)N(Cc1ccccc1)O[Si](C)(C)C(C)(C)C. The Morgan fingerprint density at radius 1 is 1.00 bits per heavy atom. The summed E-state index contributed by atoms with van der Waals surface area (Å²) in [5, 5.41) is 2.05. The van der Waals surface area contributed by atoms with Crippen LogP contribution < -0.4 is 0 Å². The van der Waals surface area contributed by atoms with Gasteiger partial charge >= 0.3 is 5.97 Å². The van der Waals surface area contributed by atoms with Crippen LogP contribution in [0.4, 0.5) is 0 Å². The Morgan fingerprint density at radius 2 is 1.54 bits per heavy atom. The third-order valence-electron chi connectivity index (χ3n) is 5.45. The fourth-order valence-corrected chi connectivity index (χ4v) is 3.75. The van der Waals surface area contributed by atoms with E-state index >= 15 is 0 Å². The van der Waals surface area contributed by atoms with E-state index in [9.17, 15) is 4.79 Å². The lowest BCUT2D eigenvalue weighted by Gasteiger charge is -2.42. The van der Waals surface area contributed by atoms with Crippen LogP contribution >= 0.6 is 0 Å². The van der Waals surface area contributed by atoms with Crippen LogP contribution in [-0.2, 0) is 20.6 Å². The molecule has 0 unspecified atom stereocenters. The highest BCUT2D eigenvalue weighted by Crippen LogP contribution is 2.39. The topological polar surface area (TPSA) is 38.8 Å². The molecule has 5 heteroatoms. The Labute approximate surface area is 170 Å². The van der Waals surface area contributed by atoms with Gasteiger partial charge in [0.15, 0.2) is 0 Å². The van der Waals surface area contributed by atoms with Crippen molar-refractivity contribution < 1.29 is 14.1 Å². The molecule has 0 bridgehead atoms. The van der Waals surface area contributed by atoms with Gasteiger partial charge in [-0.3, -0.25) is 4.79 Å². The van der Waals surface area contributed by atoms with Crippen LogP contribution in [0.25, 0.3) is 0 Å². The van der Waals surface area contributed by atoms with E-state index in [1.54, 1.807) is 0 Å². The van der Waals surface area contributed by atoms with Gasteiger partial charge in [-0.2, -0.15) is 5.06 Å². The molecule has 152 valence electrons. The normalized spacial score (nSPS) is 13.4. The van der Waals surface area contributed by atoms with Gasteiger partial charge in [-0.1, -0.05) is 81.4 Å². The molecule has 0 aliphatic heterocycles. The average molecular weight is 400 g/mol. The van der Waals surface area contributed by atoms with Crippen molar-refractivity contribution in [1.82, 2.24) is 5.06 Å². The second kappa shape index (κ2) is 9.50. The molecule has 0 heterocycles. The number of hydrogen-bond acceptors (Lipinski definition) is 4. The summed E-state index contributed by atoms with van der Waals surface area (Å²) >= 11 is 0. The number of nitrogens with zero attached hydrogens (tertiary/aromatic N) is 1. The van der Waals surface area contributed by atoms with E-state index in [4.69, 9.17) is 9.26 Å². The van der Waals surface area contributed by atoms with Gasteiger partial charge < -0.3 is 9.26 Å². The van der Waals surface area contributed by atoms with Crippen LogP contribution in [0.15, 0.2) is 60.7 Å². The van der Waals surface area contributed by atoms with Crippen molar-refractivity contribution in [3.05, 3.63) is 71.8 Å². The summed E-state index contributed by atoms with van der Waals surface area (Å²) in [7, 11) is -0.674. The molecule has 0 spiro atoms. The molecular weight excluding hydrogens is 366 g/mol. The van der Waals surface area contributed by atoms with Gasteiger partial charge in [-0.25, -0.2) is 0 Å². The zero-order chi connectivity index (χ0) is 20.8. The van der Waals surface area contributed by atoms with Crippen molar-refractivity contribution in [2.75, 3.05) is 7.11 Å². The van der Waals surface area contributed by atoms with Crippen molar-refractivity contribution in [3.8, 4) is 0 Å². The van der Waals surface area contributed by atoms with E-state index in [1.807, 2.05) is 53.6 Å². The molecule has 2 aromatic carbocycles. The Hall–Kier alpha value is -1.95. The van der Waals surface area contributed by atoms with E-state index in [0.717, 1.165) is 11.1 Å². The van der Waals surface area contributed by atoms with Gasteiger partial charge in [0.2, 0.25) is 8.32 Å². The Balaban J connectivity index is 2.43. The maximum Gasteiger partial charge on any atom is 0.307 e. The highest BCUT2D eigenvalue weighted by Gasteiger charge is 2.41. The highest BCUT2D eigenvalue weighted by atomic mass is 28.4. The van der Waals surface area contributed by atoms with Crippen LogP contribution in [-0.4, -0.2) is 26.5 Å². The number of hydroxylamine groups is 2. The first-order valence-electron chi connectivity index (χ1n) is 9.75. The monoisotopic (exact) mass is 399 g/mol. The van der Waals surface area contributed by atoms with Crippen LogP contribution in [0.1, 0.15) is 44.4 Å². The van der Waals surface area contributed by atoms with Gasteiger partial charge in [-0.05, 0) is 29.3 Å². The molecule has 0 aliphatic rings. The molecule has 28 heavy (non-hydrogen) atoms. The van der Waals surface area contributed by atoms with Gasteiger partial charge in [0.1, 0.15) is 0 Å². The van der Waals surface area contributed by atoms with Gasteiger partial charge in [0.05, 0.1) is 19.6 Å². The second-order valence-corrected chi connectivity index (χ2v) is 13.3. The molecule has 0 saturated carbocycles. The zero-order valence-corrected chi connectivity index (χ0v) is 18.9. The highest BCUT2D eigenvalue weighted by molar-refractivity contribution is 6.74. The van der Waals surface area contributed by atoms with Gasteiger partial charge in [-0.15, -0.1) is 0 Å². The Kier molecular flexibility index (Phi) is 7.58. The molecule has 2 rings (SSSR count). The fraction of sp³-hybridized carbons (Fsp3) is 0.435. The number of esters is 1. The summed E-state index contributed by atoms with van der Waals surface area (Å²) in [4.78, 5) is 12.2. The molecule has 0 aliphatic carbocycles. The van der Waals surface area contributed by atoms with Crippen molar-refractivity contribution in [2.45, 2.75) is 57.9 Å². The minimum Gasteiger partial charge on any atom is -0.469 e. The Morgan fingerprint density at radius 3 is 2.04 bits per heavy atom. The fourth-order valence-electron chi connectivity index (χ4n) is 2.70. The average Bonchev–Trinajstić information content (AvgIpc) is 2.66. The predicted octanol–water partition coefficient (Wildman–Crippen LogP) is 5.73. The number of rotatable bonds is 8. The minimum atomic E-state index is -2.10. The first-order chi connectivity index (χ1) is 13.1. The van der Waals surface area contributed by atoms with E-state index in [0.29, 0.717) is 6.54 Å². The number of methoxy groups -OCH3 is 1. The first kappa shape index (κ1) is 22.3. The number of carbonyl (C=O) groups excluding carboxylic acids is 1. The number of ether oxygens (including phenoxy) is 1. The van der Waals surface area contributed by atoms with Crippen molar-refractivity contribution in [2.24, 2.45) is 0 Å². The molecular formula is C23H33NO3Si. The van der Waals surface area contributed by atoms with Crippen molar-refractivity contribution in [3.63, 3.8) is 0 Å². The zero-order valence-electron chi connectivity index (χ0n) is 17.9. The first-order valence-corrected chi connectivity index (χ1v) is 12.7. The maximum absolute atomic E-state index is 12.2. The van der Waals surface area contributed by atoms with E-state index < -0.39 is 8.32 Å². The minimum absolute atomic E-state index is 0.0500. The van der Waals surface area contributed by atoms with E-state index in [-0.39, 0.29) is 23.5 Å². The lowest BCUT2D eigenvalue weighted by Crippen LogP contribution is -2.47. The maximum atomic E-state index is 12.2. The quantitative estimate of drug-likeness (QED) is 0.323. The van der Waals surface area contributed by atoms with Crippen molar-refractivity contribution >= 4 is 14.3 Å². The number of hydrogen-bond donors (Lipinski definition) is 0. The molecule has 4 nitrogen and oxygen atoms in total. The summed E-state index contributed by atoms with van der Waals surface area (Å²) in [5.41, 5.74) is 2.19. The largest absolute Gasteiger partial charge is 0.469 e. The smallest absolute Gasteiger partial charge is 0.307 e. The van der Waals surface area contributed by atoms with Crippen molar-refractivity contribution in [1.29, 1.82) is 0 Å². The molecule has 0 amide bonds. The van der Waals surface area contributed by atoms with Crippen LogP contribution in [0.2, 0.25) is 18.1 Å². The number of carbonyl (C=O) groups is 1. The third kappa shape index (κ3) is 6.02. The summed E-state index contributed by atoms with van der Waals surface area (Å²) in [6.45, 7) is 11.7. The van der Waals surface area contributed by atoms with Crippen LogP contribution in [0.3, 0.4) is 0 Å². The molecule has 0 N–H and O–H groups in total. The molecule has 0 saturated heterocycles. The lowest BCUT2D eigenvalue weighted by molar-refractivity contribution is -0.153. The predicted molar refractivity (Wildman–Crippen MR) is 116 cm³/mol. The molecule has 0 radical (unpaired) electrons. The second-order valence-electron chi connectivity index (χ2n) is 8.62. The molecule has 2 aromatic rings. The van der Waals surface area contributed by atoms with Crippen LogP contribution in [0.5, 0.6) is 0 Å². The lowest BCUT2D eigenvalue weighted by atomic mass is 10.0. The van der Waals surface area contributed by atoms with Crippen LogP contribution in [0, 0.1) is 0 Å².